The Morgan fingerprint density at radius 2 is 0.526 bits per heavy atom. The molecule has 4 saturated heterocycles. The SMILES string of the molecule is C.[B][C@@H]1O[C@H](CCP(=C)(C)C)[C@@H](O)[C@H]1C.[B][C@@H]1O[C@H](CCP(=C)(C)C)[C@@H](O)[C@H]1C.[B][C@@H]1O[C@H](CCP(=C)(C)C)[C@@H](O)[C@H]1C.[B][C@@H]1O[C@H](CCP(=C)(C)C)[C@@H](O)[C@H]1C. The van der Waals surface area contributed by atoms with Gasteiger partial charge in [0.05, 0.1) is 48.8 Å². The monoisotopic (exact) mass is 873 g/mol. The van der Waals surface area contributed by atoms with Crippen molar-refractivity contribution in [2.24, 2.45) is 23.7 Å². The van der Waals surface area contributed by atoms with Gasteiger partial charge in [0.2, 0.25) is 0 Å². The van der Waals surface area contributed by atoms with Gasteiger partial charge in [-0.05, 0) is 104 Å². The summed E-state index contributed by atoms with van der Waals surface area (Å²) in [6.45, 7) is 21.2. The second-order valence-corrected chi connectivity index (χ2v) is 37.0. The number of hydrogen-bond acceptors (Lipinski definition) is 8. The molecule has 328 valence electrons. The van der Waals surface area contributed by atoms with E-state index >= 15 is 0 Å². The summed E-state index contributed by atoms with van der Waals surface area (Å²) >= 11 is 0. The maximum Gasteiger partial charge on any atom is 0.109 e. The van der Waals surface area contributed by atoms with E-state index in [2.05, 4.69) is 78.5 Å². The fourth-order valence-corrected chi connectivity index (χ4v) is 10.4. The van der Waals surface area contributed by atoms with Gasteiger partial charge >= 0.3 is 0 Å². The van der Waals surface area contributed by atoms with Crippen LogP contribution in [0.3, 0.4) is 0 Å². The molecule has 0 bridgehead atoms. The summed E-state index contributed by atoms with van der Waals surface area (Å²) in [7, 11) is 22.8. The Hall–Kier alpha value is 1.14. The van der Waals surface area contributed by atoms with Gasteiger partial charge in [0.1, 0.15) is 31.4 Å². The van der Waals surface area contributed by atoms with Crippen LogP contribution < -0.4 is 0 Å². The zero-order valence-corrected chi connectivity index (χ0v) is 40.8. The number of aliphatic hydroxyl groups excluding tert-OH is 4. The number of ether oxygens (including phenoxy) is 4. The van der Waals surface area contributed by atoms with Crippen LogP contribution >= 0.6 is 27.5 Å². The molecule has 57 heavy (non-hydrogen) atoms. The van der Waals surface area contributed by atoms with E-state index in [-0.39, 0.29) is 79.5 Å². The molecule has 0 aromatic rings. The van der Waals surface area contributed by atoms with Crippen LogP contribution in [0.5, 0.6) is 0 Å². The summed E-state index contributed by atoms with van der Waals surface area (Å²) in [5.74, 6) is 0.190. The van der Waals surface area contributed by atoms with Gasteiger partial charge in [0.15, 0.2) is 0 Å². The lowest BCUT2D eigenvalue weighted by atomic mass is 9.86. The lowest BCUT2D eigenvalue weighted by Crippen LogP contribution is -2.26. The van der Waals surface area contributed by atoms with Crippen molar-refractivity contribution in [3.05, 3.63) is 0 Å². The molecule has 0 unspecified atom stereocenters. The lowest BCUT2D eigenvalue weighted by Gasteiger charge is -2.19. The molecule has 8 radical (unpaired) electrons. The summed E-state index contributed by atoms with van der Waals surface area (Å²) in [5.41, 5.74) is 0. The Balaban J connectivity index is 0.000000729. The van der Waals surface area contributed by atoms with Gasteiger partial charge in [-0.25, -0.2) is 0 Å². The Labute approximate surface area is 357 Å². The fourth-order valence-electron chi connectivity index (χ4n) is 6.62. The minimum atomic E-state index is -1.02. The molecule has 16 heteroatoms. The van der Waals surface area contributed by atoms with Crippen LogP contribution in [0.1, 0.15) is 60.8 Å². The third-order valence-electron chi connectivity index (χ3n) is 11.2. The Morgan fingerprint density at radius 3 is 0.614 bits per heavy atom. The zero-order valence-electron chi connectivity index (χ0n) is 37.2. The minimum Gasteiger partial charge on any atom is -0.390 e. The molecular weight excluding hydrogens is 788 g/mol. The van der Waals surface area contributed by atoms with Crippen LogP contribution in [0, 0.1) is 23.7 Å². The van der Waals surface area contributed by atoms with E-state index in [0.717, 1.165) is 50.3 Å². The maximum atomic E-state index is 9.81. The highest BCUT2D eigenvalue weighted by Gasteiger charge is 2.40. The van der Waals surface area contributed by atoms with Gasteiger partial charge < -0.3 is 39.4 Å². The Morgan fingerprint density at radius 1 is 0.386 bits per heavy atom. The molecule has 0 saturated carbocycles. The second kappa shape index (κ2) is 24.8. The molecule has 4 fully saturated rings. The largest absolute Gasteiger partial charge is 0.390 e. The standard InChI is InChI=1S/4C10H20BO2P.CH4/c4*1-7-9(12)8(13-10(7)11)5-6-14(2,3)4;/h4*7-10,12H,2,5-6H2,1,3-4H3;1H4/t4*7-,8-,9+,10-;/m1111./s1. The first-order chi connectivity index (χ1) is 25.2. The van der Waals surface area contributed by atoms with Crippen molar-refractivity contribution in [1.29, 1.82) is 0 Å². The first-order valence-electron chi connectivity index (χ1n) is 20.3. The van der Waals surface area contributed by atoms with E-state index in [9.17, 15) is 20.4 Å². The summed E-state index contributed by atoms with van der Waals surface area (Å²) < 4.78 is 22.0. The minimum absolute atomic E-state index is 0. The maximum absolute atomic E-state index is 9.81. The van der Waals surface area contributed by atoms with Gasteiger partial charge in [-0.3, -0.25) is 0 Å². The van der Waals surface area contributed by atoms with Crippen molar-refractivity contribution in [3.8, 4) is 0 Å². The van der Waals surface area contributed by atoms with Crippen LogP contribution in [0.2, 0.25) is 0 Å². The molecule has 8 nitrogen and oxygen atoms in total. The molecule has 0 amide bonds. The van der Waals surface area contributed by atoms with Crippen molar-refractivity contribution in [2.45, 2.75) is 134 Å². The van der Waals surface area contributed by atoms with Crippen molar-refractivity contribution < 1.29 is 39.4 Å². The normalized spacial score (nSPS) is 38.2. The van der Waals surface area contributed by atoms with E-state index in [0.29, 0.717) is 0 Å². The quantitative estimate of drug-likeness (QED) is 0.167. The van der Waals surface area contributed by atoms with E-state index in [1.165, 1.54) is 0 Å². The molecule has 0 spiro atoms. The topological polar surface area (TPSA) is 118 Å². The second-order valence-electron chi connectivity index (χ2n) is 19.7. The average molecular weight is 872 g/mol. The highest BCUT2D eigenvalue weighted by molar-refractivity contribution is 7.73. The van der Waals surface area contributed by atoms with Crippen molar-refractivity contribution in [2.75, 3.05) is 78.0 Å². The van der Waals surface area contributed by atoms with Crippen LogP contribution in [0.4, 0.5) is 0 Å². The number of hydrogen-bond donors (Lipinski definition) is 4. The summed E-state index contributed by atoms with van der Waals surface area (Å²) in [4.78, 5) is 0. The molecule has 0 aliphatic carbocycles. The molecule has 4 heterocycles. The van der Waals surface area contributed by atoms with Gasteiger partial charge in [-0.15, -0.1) is 52.7 Å². The molecule has 0 aromatic carbocycles. The van der Waals surface area contributed by atoms with E-state index in [1.54, 1.807) is 0 Å². The molecule has 4 rings (SSSR count). The predicted octanol–water partition coefficient (Wildman–Crippen LogP) is 4.54. The highest BCUT2D eigenvalue weighted by Crippen LogP contribution is 2.41. The Bertz CT molecular complexity index is 1150. The number of aliphatic hydroxyl groups is 4. The summed E-state index contributed by atoms with van der Waals surface area (Å²) in [6, 6.07) is -1.22. The van der Waals surface area contributed by atoms with Crippen LogP contribution in [0.15, 0.2) is 0 Å². The van der Waals surface area contributed by atoms with Gasteiger partial charge in [0, 0.05) is 47.7 Å². The first kappa shape index (κ1) is 58.1. The van der Waals surface area contributed by atoms with Crippen LogP contribution in [-0.4, -0.2) is 228 Å². The number of rotatable bonds is 12. The highest BCUT2D eigenvalue weighted by atomic mass is 31.2. The molecule has 4 aliphatic heterocycles. The molecule has 4 N–H and O–H groups in total. The van der Waals surface area contributed by atoms with Crippen LogP contribution in [-0.2, 0) is 18.9 Å². The van der Waals surface area contributed by atoms with E-state index in [1.807, 2.05) is 27.7 Å². The third kappa shape index (κ3) is 21.9. The first-order valence-corrected chi connectivity index (χ1v) is 32.5. The smallest absolute Gasteiger partial charge is 0.109 e. The summed E-state index contributed by atoms with van der Waals surface area (Å²) in [6.07, 6.45) is 22.3. The van der Waals surface area contributed by atoms with Crippen LogP contribution in [0.25, 0.3) is 0 Å². The Kier molecular flexibility index (Phi) is 25.3. The van der Waals surface area contributed by atoms with Crippen molar-refractivity contribution >= 4 is 84.1 Å². The summed E-state index contributed by atoms with van der Waals surface area (Å²) in [5, 5.41) is 39.2. The zero-order chi connectivity index (χ0) is 43.7. The molecule has 16 atom stereocenters. The van der Waals surface area contributed by atoms with Gasteiger partial charge in [0.25, 0.3) is 0 Å². The fraction of sp³-hybridized carbons (Fsp3) is 0.902. The van der Waals surface area contributed by atoms with Crippen molar-refractivity contribution in [1.82, 2.24) is 0 Å². The predicted molar refractivity (Wildman–Crippen MR) is 267 cm³/mol. The lowest BCUT2D eigenvalue weighted by molar-refractivity contribution is 0.0301. The van der Waals surface area contributed by atoms with E-state index < -0.39 is 52.0 Å². The van der Waals surface area contributed by atoms with Gasteiger partial charge in [-0.1, -0.05) is 35.1 Å². The third-order valence-corrected chi connectivity index (χ3v) is 17.0. The molecule has 4 aliphatic rings. The molecule has 0 aromatic heterocycles. The van der Waals surface area contributed by atoms with Gasteiger partial charge in [-0.2, -0.15) is 0 Å². The average Bonchev–Trinajstić information content (AvgIpc) is 3.66. The van der Waals surface area contributed by atoms with E-state index in [4.69, 9.17) is 50.3 Å². The molecular formula is C41H84B4O8P4. The van der Waals surface area contributed by atoms with Crippen molar-refractivity contribution in [3.63, 3.8) is 0 Å².